The zero-order chi connectivity index (χ0) is 13.1. The van der Waals surface area contributed by atoms with Gasteiger partial charge in [-0.3, -0.25) is 4.90 Å². The van der Waals surface area contributed by atoms with Gasteiger partial charge >= 0.3 is 0 Å². The molecule has 1 aromatic heterocycles. The van der Waals surface area contributed by atoms with Gasteiger partial charge in [0.1, 0.15) is 0 Å². The van der Waals surface area contributed by atoms with Crippen LogP contribution >= 0.6 is 22.9 Å². The van der Waals surface area contributed by atoms with E-state index in [1.54, 1.807) is 11.3 Å². The highest BCUT2D eigenvalue weighted by molar-refractivity contribution is 7.07. The molecule has 0 unspecified atom stereocenters. The molecule has 1 saturated heterocycles. The van der Waals surface area contributed by atoms with Gasteiger partial charge in [-0.05, 0) is 12.1 Å². The number of anilines is 1. The van der Waals surface area contributed by atoms with Crippen LogP contribution in [0.25, 0.3) is 0 Å². The molecule has 0 saturated carbocycles. The van der Waals surface area contributed by atoms with E-state index in [-0.39, 0.29) is 0 Å². The van der Waals surface area contributed by atoms with Gasteiger partial charge < -0.3 is 4.90 Å². The minimum Gasteiger partial charge on any atom is -0.368 e. The number of thiazole rings is 1. The van der Waals surface area contributed by atoms with Crippen LogP contribution in [-0.4, -0.2) is 36.1 Å². The van der Waals surface area contributed by atoms with Crippen molar-refractivity contribution >= 4 is 28.6 Å². The van der Waals surface area contributed by atoms with Crippen LogP contribution < -0.4 is 4.90 Å². The molecular weight excluding hydrogens is 278 g/mol. The predicted molar refractivity (Wildman–Crippen MR) is 81.1 cm³/mol. The summed E-state index contributed by atoms with van der Waals surface area (Å²) < 4.78 is 0. The van der Waals surface area contributed by atoms with Crippen molar-refractivity contribution in [3.05, 3.63) is 45.9 Å². The first kappa shape index (κ1) is 12.9. The molecule has 2 heterocycles. The van der Waals surface area contributed by atoms with Crippen molar-refractivity contribution in [3.63, 3.8) is 0 Å². The summed E-state index contributed by atoms with van der Waals surface area (Å²) in [4.78, 5) is 9.15. The Hall–Kier alpha value is -1.10. The average Bonchev–Trinajstić information content (AvgIpc) is 2.93. The van der Waals surface area contributed by atoms with Crippen molar-refractivity contribution in [1.29, 1.82) is 0 Å². The Morgan fingerprint density at radius 2 is 1.95 bits per heavy atom. The molecule has 5 heteroatoms. The van der Waals surface area contributed by atoms with Gasteiger partial charge in [0.2, 0.25) is 0 Å². The average molecular weight is 294 g/mol. The van der Waals surface area contributed by atoms with Crippen LogP contribution in [0.1, 0.15) is 5.69 Å². The third kappa shape index (κ3) is 3.08. The minimum atomic E-state index is 0.843. The predicted octanol–water partition coefficient (Wildman–Crippen LogP) is 3.12. The molecule has 2 aromatic rings. The summed E-state index contributed by atoms with van der Waals surface area (Å²) in [6.07, 6.45) is 0. The number of hydrogen-bond acceptors (Lipinski definition) is 4. The maximum absolute atomic E-state index is 6.25. The van der Waals surface area contributed by atoms with Crippen molar-refractivity contribution in [2.75, 3.05) is 31.1 Å². The second-order valence-electron chi connectivity index (χ2n) is 4.69. The molecular formula is C14H16ClN3S. The SMILES string of the molecule is Clc1ccccc1N1CCN(Cc2cscn2)CC1. The molecule has 1 aliphatic rings. The molecule has 1 aliphatic heterocycles. The van der Waals surface area contributed by atoms with Crippen molar-refractivity contribution in [3.8, 4) is 0 Å². The monoisotopic (exact) mass is 293 g/mol. The maximum atomic E-state index is 6.25. The summed E-state index contributed by atoms with van der Waals surface area (Å²) >= 11 is 7.91. The lowest BCUT2D eigenvalue weighted by atomic mass is 10.2. The number of aromatic nitrogens is 1. The van der Waals surface area contributed by atoms with Gasteiger partial charge in [0, 0.05) is 38.1 Å². The standard InChI is InChI=1S/C14H16ClN3S/c15-13-3-1-2-4-14(13)18-7-5-17(6-8-18)9-12-10-19-11-16-12/h1-4,10-11H,5-9H2. The highest BCUT2D eigenvalue weighted by Crippen LogP contribution is 2.26. The van der Waals surface area contributed by atoms with Crippen LogP contribution in [0.3, 0.4) is 0 Å². The Morgan fingerprint density at radius 3 is 2.63 bits per heavy atom. The van der Waals surface area contributed by atoms with E-state index in [1.165, 1.54) is 5.69 Å². The van der Waals surface area contributed by atoms with Gasteiger partial charge in [-0.15, -0.1) is 11.3 Å². The van der Waals surface area contributed by atoms with Crippen molar-refractivity contribution in [2.24, 2.45) is 0 Å². The first-order valence-electron chi connectivity index (χ1n) is 6.42. The largest absolute Gasteiger partial charge is 0.368 e. The minimum absolute atomic E-state index is 0.843. The summed E-state index contributed by atoms with van der Waals surface area (Å²) in [6, 6.07) is 8.07. The van der Waals surface area contributed by atoms with Gasteiger partial charge in [0.15, 0.2) is 0 Å². The number of piperazine rings is 1. The Bertz CT molecular complexity index is 521. The zero-order valence-corrected chi connectivity index (χ0v) is 12.2. The van der Waals surface area contributed by atoms with Crippen LogP contribution in [0.15, 0.2) is 35.2 Å². The highest BCUT2D eigenvalue weighted by Gasteiger charge is 2.18. The number of hydrogen-bond donors (Lipinski definition) is 0. The Kier molecular flexibility index (Phi) is 4.01. The van der Waals surface area contributed by atoms with E-state index < -0.39 is 0 Å². The molecule has 0 atom stereocenters. The van der Waals surface area contributed by atoms with E-state index in [2.05, 4.69) is 26.2 Å². The third-order valence-electron chi connectivity index (χ3n) is 3.43. The van der Waals surface area contributed by atoms with Gasteiger partial charge in [-0.1, -0.05) is 23.7 Å². The molecule has 1 fully saturated rings. The van der Waals surface area contributed by atoms with Crippen molar-refractivity contribution < 1.29 is 0 Å². The molecule has 1 aromatic carbocycles. The van der Waals surface area contributed by atoms with Crippen molar-refractivity contribution in [1.82, 2.24) is 9.88 Å². The maximum Gasteiger partial charge on any atom is 0.0795 e. The Labute approximate surface area is 122 Å². The summed E-state index contributed by atoms with van der Waals surface area (Å²) in [5.74, 6) is 0. The summed E-state index contributed by atoms with van der Waals surface area (Å²) in [5, 5.41) is 2.97. The molecule has 0 N–H and O–H groups in total. The van der Waals surface area contributed by atoms with Gasteiger partial charge in [-0.25, -0.2) is 4.98 Å². The number of para-hydroxylation sites is 1. The lowest BCUT2D eigenvalue weighted by Gasteiger charge is -2.36. The summed E-state index contributed by atoms with van der Waals surface area (Å²) in [7, 11) is 0. The molecule has 0 amide bonds. The Morgan fingerprint density at radius 1 is 1.16 bits per heavy atom. The van der Waals surface area contributed by atoms with E-state index >= 15 is 0 Å². The second kappa shape index (κ2) is 5.90. The van der Waals surface area contributed by atoms with Crippen LogP contribution in [0.5, 0.6) is 0 Å². The van der Waals surface area contributed by atoms with E-state index in [1.807, 2.05) is 23.7 Å². The van der Waals surface area contributed by atoms with E-state index in [9.17, 15) is 0 Å². The number of nitrogens with zero attached hydrogens (tertiary/aromatic N) is 3. The fourth-order valence-electron chi connectivity index (χ4n) is 2.40. The molecule has 0 radical (unpaired) electrons. The first-order valence-corrected chi connectivity index (χ1v) is 7.74. The van der Waals surface area contributed by atoms with Crippen LogP contribution in [0, 0.1) is 0 Å². The van der Waals surface area contributed by atoms with Crippen LogP contribution in [0.2, 0.25) is 5.02 Å². The normalized spacial score (nSPS) is 16.8. The number of rotatable bonds is 3. The number of halogens is 1. The lowest BCUT2D eigenvalue weighted by Crippen LogP contribution is -2.46. The van der Waals surface area contributed by atoms with E-state index in [4.69, 9.17) is 11.6 Å². The summed E-state index contributed by atoms with van der Waals surface area (Å²) in [5.41, 5.74) is 4.23. The molecule has 3 rings (SSSR count). The van der Waals surface area contributed by atoms with Crippen LogP contribution in [-0.2, 0) is 6.54 Å². The van der Waals surface area contributed by atoms with Gasteiger partial charge in [0.05, 0.1) is 21.9 Å². The first-order chi connectivity index (χ1) is 9.33. The summed E-state index contributed by atoms with van der Waals surface area (Å²) in [6.45, 7) is 5.12. The number of benzene rings is 1. The van der Waals surface area contributed by atoms with E-state index in [0.717, 1.165) is 43.4 Å². The molecule has 100 valence electrons. The topological polar surface area (TPSA) is 19.4 Å². The van der Waals surface area contributed by atoms with Gasteiger partial charge in [0.25, 0.3) is 0 Å². The fourth-order valence-corrected chi connectivity index (χ4v) is 3.20. The quantitative estimate of drug-likeness (QED) is 0.867. The molecule has 0 aliphatic carbocycles. The lowest BCUT2D eigenvalue weighted by molar-refractivity contribution is 0.247. The fraction of sp³-hybridized carbons (Fsp3) is 0.357. The van der Waals surface area contributed by atoms with Gasteiger partial charge in [-0.2, -0.15) is 0 Å². The Balaban J connectivity index is 1.59. The van der Waals surface area contributed by atoms with Crippen molar-refractivity contribution in [2.45, 2.75) is 6.54 Å². The molecule has 3 nitrogen and oxygen atoms in total. The molecule has 0 spiro atoms. The molecule has 19 heavy (non-hydrogen) atoms. The smallest absolute Gasteiger partial charge is 0.0795 e. The zero-order valence-electron chi connectivity index (χ0n) is 10.6. The second-order valence-corrected chi connectivity index (χ2v) is 5.82. The third-order valence-corrected chi connectivity index (χ3v) is 4.39. The molecule has 0 bridgehead atoms. The highest BCUT2D eigenvalue weighted by atomic mass is 35.5. The van der Waals surface area contributed by atoms with E-state index in [0.29, 0.717) is 0 Å². The van der Waals surface area contributed by atoms with Crippen LogP contribution in [0.4, 0.5) is 5.69 Å².